The van der Waals surface area contributed by atoms with Crippen molar-refractivity contribution in [3.63, 3.8) is 0 Å². The highest BCUT2D eigenvalue weighted by Crippen LogP contribution is 2.23. The minimum atomic E-state index is -0.844. The Balaban J connectivity index is 1.46. The molecular formula is C20H23N5O3. The van der Waals surface area contributed by atoms with Gasteiger partial charge in [-0.25, -0.2) is 4.98 Å². The smallest absolute Gasteiger partial charge is 0.273 e. The van der Waals surface area contributed by atoms with Crippen LogP contribution in [0.4, 0.5) is 0 Å². The molecule has 1 fully saturated rings. The van der Waals surface area contributed by atoms with Gasteiger partial charge >= 0.3 is 0 Å². The Morgan fingerprint density at radius 2 is 2.21 bits per heavy atom. The van der Waals surface area contributed by atoms with Gasteiger partial charge in [0.2, 0.25) is 5.91 Å². The number of nitrogens with zero attached hydrogens (tertiary/aromatic N) is 1. The predicted octanol–water partition coefficient (Wildman–Crippen LogP) is 1.45. The first-order valence-electron chi connectivity index (χ1n) is 9.43. The summed E-state index contributed by atoms with van der Waals surface area (Å²) in [7, 11) is 0. The number of carbonyl (C=O) groups excluding carboxylic acids is 2. The van der Waals surface area contributed by atoms with Gasteiger partial charge in [0.15, 0.2) is 11.6 Å². The Kier molecular flexibility index (Phi) is 5.12. The lowest BCUT2D eigenvalue weighted by molar-refractivity contribution is -0.119. The fourth-order valence-electron chi connectivity index (χ4n) is 3.62. The molecule has 1 aliphatic rings. The van der Waals surface area contributed by atoms with Crippen molar-refractivity contribution < 1.29 is 14.0 Å². The zero-order chi connectivity index (χ0) is 19.5. The average Bonchev–Trinajstić information content (AvgIpc) is 3.36. The number of aromatic amines is 1. The van der Waals surface area contributed by atoms with Gasteiger partial charge in [-0.2, -0.15) is 0 Å². The monoisotopic (exact) mass is 381 g/mol. The summed E-state index contributed by atoms with van der Waals surface area (Å²) in [5.41, 5.74) is 7.57. The van der Waals surface area contributed by atoms with Crippen molar-refractivity contribution in [3.8, 4) is 0 Å². The molecule has 2 aromatic heterocycles. The van der Waals surface area contributed by atoms with Gasteiger partial charge in [0.05, 0.1) is 0 Å². The molecule has 2 amide bonds. The number of hydrogen-bond donors (Lipinski definition) is 4. The second kappa shape index (κ2) is 7.85. The summed E-state index contributed by atoms with van der Waals surface area (Å²) >= 11 is 0. The third kappa shape index (κ3) is 3.77. The lowest BCUT2D eigenvalue weighted by Gasteiger charge is -2.19. The second-order valence-electron chi connectivity index (χ2n) is 7.11. The molecule has 1 aliphatic heterocycles. The first-order valence-corrected chi connectivity index (χ1v) is 9.43. The molecule has 0 saturated carbocycles. The third-order valence-corrected chi connectivity index (χ3v) is 5.15. The third-order valence-electron chi connectivity index (χ3n) is 5.15. The van der Waals surface area contributed by atoms with Crippen molar-refractivity contribution in [2.45, 2.75) is 31.2 Å². The minimum Gasteiger partial charge on any atom is -0.448 e. The molecule has 0 radical (unpaired) electrons. The van der Waals surface area contributed by atoms with Gasteiger partial charge in [-0.15, -0.1) is 0 Å². The fraction of sp³-hybridized carbons (Fsp3) is 0.350. The van der Waals surface area contributed by atoms with E-state index in [9.17, 15) is 9.59 Å². The van der Waals surface area contributed by atoms with Gasteiger partial charge in [-0.05, 0) is 31.0 Å². The molecule has 4 rings (SSSR count). The number of fused-ring (bicyclic) bond motifs is 1. The summed E-state index contributed by atoms with van der Waals surface area (Å²) < 4.78 is 5.50. The molecule has 1 aromatic carbocycles. The van der Waals surface area contributed by atoms with Crippen LogP contribution in [0.1, 0.15) is 40.7 Å². The number of H-pyrrole nitrogens is 1. The van der Waals surface area contributed by atoms with Crippen LogP contribution in [0.25, 0.3) is 10.9 Å². The maximum absolute atomic E-state index is 12.6. The number of hydrogen-bond acceptors (Lipinski definition) is 5. The van der Waals surface area contributed by atoms with E-state index >= 15 is 0 Å². The van der Waals surface area contributed by atoms with Gasteiger partial charge in [-0.1, -0.05) is 18.2 Å². The number of nitrogens with two attached hydrogens (primary N) is 1. The van der Waals surface area contributed by atoms with Crippen LogP contribution in [0.15, 0.2) is 41.1 Å². The van der Waals surface area contributed by atoms with Crippen molar-refractivity contribution in [2.24, 2.45) is 5.73 Å². The van der Waals surface area contributed by atoms with Crippen LogP contribution in [0, 0.1) is 0 Å². The zero-order valence-electron chi connectivity index (χ0n) is 15.4. The molecule has 5 N–H and O–H groups in total. The highest BCUT2D eigenvalue weighted by Gasteiger charge is 2.25. The molecule has 0 spiro atoms. The highest BCUT2D eigenvalue weighted by atomic mass is 16.3. The molecular weight excluding hydrogens is 358 g/mol. The number of primary amides is 1. The second-order valence-corrected chi connectivity index (χ2v) is 7.11. The van der Waals surface area contributed by atoms with E-state index in [0.717, 1.165) is 42.4 Å². The predicted molar refractivity (Wildman–Crippen MR) is 104 cm³/mol. The Labute approximate surface area is 161 Å². The zero-order valence-corrected chi connectivity index (χ0v) is 15.4. The highest BCUT2D eigenvalue weighted by molar-refractivity contribution is 5.96. The molecule has 2 atom stereocenters. The molecule has 146 valence electrons. The lowest BCUT2D eigenvalue weighted by atomic mass is 10.00. The Bertz CT molecular complexity index is 987. The van der Waals surface area contributed by atoms with Crippen molar-refractivity contribution in [1.29, 1.82) is 0 Å². The summed E-state index contributed by atoms with van der Waals surface area (Å²) in [6.45, 7) is 1.77. The van der Waals surface area contributed by atoms with Crippen molar-refractivity contribution in [2.75, 3.05) is 13.1 Å². The van der Waals surface area contributed by atoms with E-state index in [1.165, 1.54) is 6.26 Å². The van der Waals surface area contributed by atoms with E-state index in [2.05, 4.69) is 20.6 Å². The van der Waals surface area contributed by atoms with E-state index < -0.39 is 17.9 Å². The number of benzene rings is 1. The maximum atomic E-state index is 12.6. The van der Waals surface area contributed by atoms with Crippen molar-refractivity contribution in [3.05, 3.63) is 53.9 Å². The van der Waals surface area contributed by atoms with Crippen molar-refractivity contribution in [1.82, 2.24) is 20.6 Å². The number of rotatable bonds is 6. The number of aromatic nitrogens is 2. The molecule has 8 heteroatoms. The van der Waals surface area contributed by atoms with Gasteiger partial charge in [0.25, 0.3) is 5.91 Å². The topological polar surface area (TPSA) is 126 Å². The van der Waals surface area contributed by atoms with E-state index in [-0.39, 0.29) is 11.6 Å². The summed E-state index contributed by atoms with van der Waals surface area (Å²) in [6.07, 6.45) is 5.48. The number of nitrogens with one attached hydrogen (secondary N) is 3. The molecule has 28 heavy (non-hydrogen) atoms. The number of oxazole rings is 1. The van der Waals surface area contributed by atoms with Crippen LogP contribution in [0.3, 0.4) is 0 Å². The van der Waals surface area contributed by atoms with Crippen LogP contribution >= 0.6 is 0 Å². The van der Waals surface area contributed by atoms with Gasteiger partial charge in [-0.3, -0.25) is 9.59 Å². The molecule has 2 unspecified atom stereocenters. The van der Waals surface area contributed by atoms with Crippen LogP contribution in [0.2, 0.25) is 0 Å². The fourth-order valence-corrected chi connectivity index (χ4v) is 3.62. The van der Waals surface area contributed by atoms with Crippen LogP contribution in [-0.2, 0) is 11.2 Å². The van der Waals surface area contributed by atoms with Crippen LogP contribution in [-0.4, -0.2) is 40.9 Å². The SMILES string of the molecule is NC(=O)C(Cc1c[nH]c2ccccc12)NC(=O)c1coc(C2CCCNC2)n1. The van der Waals surface area contributed by atoms with Gasteiger partial charge in [0.1, 0.15) is 12.3 Å². The standard InChI is InChI=1S/C20H23N5O3/c21-18(26)16(8-13-10-23-15-6-2-1-5-14(13)15)24-19(27)17-11-28-20(25-17)12-4-3-7-22-9-12/h1-2,5-6,10-12,16,22-23H,3-4,7-9H2,(H2,21,26)(H,24,27). The minimum absolute atomic E-state index is 0.158. The number of amides is 2. The van der Waals surface area contributed by atoms with Gasteiger partial charge < -0.3 is 25.8 Å². The molecule has 0 aliphatic carbocycles. The summed E-state index contributed by atoms with van der Waals surface area (Å²) in [4.78, 5) is 32.0. The largest absolute Gasteiger partial charge is 0.448 e. The summed E-state index contributed by atoms with van der Waals surface area (Å²) in [5.74, 6) is -0.362. The Hall–Kier alpha value is -3.13. The van der Waals surface area contributed by atoms with Crippen LogP contribution in [0.5, 0.6) is 0 Å². The van der Waals surface area contributed by atoms with Crippen LogP contribution < -0.4 is 16.4 Å². The van der Waals surface area contributed by atoms with Gasteiger partial charge in [0, 0.05) is 36.0 Å². The lowest BCUT2D eigenvalue weighted by Crippen LogP contribution is -2.46. The normalized spacial score (nSPS) is 18.1. The maximum Gasteiger partial charge on any atom is 0.273 e. The van der Waals surface area contributed by atoms with E-state index in [4.69, 9.17) is 10.2 Å². The molecule has 8 nitrogen and oxygen atoms in total. The quantitative estimate of drug-likeness (QED) is 0.514. The van der Waals surface area contributed by atoms with E-state index in [1.807, 2.05) is 30.5 Å². The number of carbonyl (C=O) groups is 2. The molecule has 3 heterocycles. The molecule has 1 saturated heterocycles. The van der Waals surface area contributed by atoms with E-state index in [0.29, 0.717) is 12.3 Å². The van der Waals surface area contributed by atoms with Crippen molar-refractivity contribution >= 4 is 22.7 Å². The van der Waals surface area contributed by atoms with E-state index in [1.54, 1.807) is 0 Å². The number of para-hydroxylation sites is 1. The number of piperidine rings is 1. The first kappa shape index (κ1) is 18.2. The molecule has 3 aromatic rings. The molecule has 0 bridgehead atoms. The first-order chi connectivity index (χ1) is 13.6. The Morgan fingerprint density at radius 1 is 1.36 bits per heavy atom. The Morgan fingerprint density at radius 3 is 3.00 bits per heavy atom. The summed E-state index contributed by atoms with van der Waals surface area (Å²) in [5, 5.41) is 6.98. The average molecular weight is 381 g/mol. The summed E-state index contributed by atoms with van der Waals surface area (Å²) in [6, 6.07) is 6.92.